The highest BCUT2D eigenvalue weighted by Crippen LogP contribution is 2.24. The van der Waals surface area contributed by atoms with Gasteiger partial charge in [-0.1, -0.05) is 17.7 Å². The summed E-state index contributed by atoms with van der Waals surface area (Å²) in [6.45, 7) is 1.47. The number of aromatic carboxylic acids is 1. The molecule has 1 fully saturated rings. The second kappa shape index (κ2) is 8.24. The quantitative estimate of drug-likeness (QED) is 0.814. The van der Waals surface area contributed by atoms with Crippen molar-refractivity contribution < 1.29 is 19.4 Å². The Morgan fingerprint density at radius 1 is 1.44 bits per heavy atom. The highest BCUT2D eigenvalue weighted by atomic mass is 35.5. The van der Waals surface area contributed by atoms with Gasteiger partial charge in [-0.25, -0.2) is 9.78 Å². The second-order valence-corrected chi connectivity index (χ2v) is 6.05. The predicted octanol–water partition coefficient (Wildman–Crippen LogP) is 2.61. The summed E-state index contributed by atoms with van der Waals surface area (Å²) >= 11 is 6.13. The van der Waals surface area contributed by atoms with Gasteiger partial charge in [-0.3, -0.25) is 4.98 Å². The molecule has 25 heavy (non-hydrogen) atoms. The van der Waals surface area contributed by atoms with Crippen LogP contribution in [0.25, 0.3) is 0 Å². The fourth-order valence-electron chi connectivity index (χ4n) is 2.57. The zero-order valence-electron chi connectivity index (χ0n) is 13.4. The van der Waals surface area contributed by atoms with E-state index in [0.717, 1.165) is 12.1 Å². The summed E-state index contributed by atoms with van der Waals surface area (Å²) in [5.41, 5.74) is 0.896. The fourth-order valence-corrected chi connectivity index (χ4v) is 2.79. The molecule has 3 heterocycles. The summed E-state index contributed by atoms with van der Waals surface area (Å²) in [5.74, 6) is -0.660. The number of hydrogen-bond acceptors (Lipinski definition) is 6. The number of aromatic nitrogens is 2. The van der Waals surface area contributed by atoms with Gasteiger partial charge in [0.15, 0.2) is 0 Å². The van der Waals surface area contributed by atoms with Crippen LogP contribution in [0.3, 0.4) is 0 Å². The molecule has 0 unspecified atom stereocenters. The van der Waals surface area contributed by atoms with Crippen molar-refractivity contribution in [1.29, 1.82) is 0 Å². The molecular weight excluding hydrogens is 346 g/mol. The first kappa shape index (κ1) is 17.6. The van der Waals surface area contributed by atoms with Gasteiger partial charge in [-0.15, -0.1) is 0 Å². The number of nitrogens with zero attached hydrogens (tertiary/aromatic N) is 2. The van der Waals surface area contributed by atoms with Crippen molar-refractivity contribution in [3.05, 3.63) is 52.9 Å². The van der Waals surface area contributed by atoms with Crippen molar-refractivity contribution in [3.8, 4) is 0 Å². The molecule has 2 aromatic rings. The zero-order valence-corrected chi connectivity index (χ0v) is 14.1. The number of nitrogens with one attached hydrogen (secondary N) is 1. The molecule has 2 N–H and O–H groups in total. The Hall–Kier alpha value is -2.22. The SMILES string of the molecule is O=C(O)c1cnc(N[C@@H]2COCC[C@H]2OCc2ccccn2)c(Cl)c1. The first-order valence-corrected chi connectivity index (χ1v) is 8.26. The van der Waals surface area contributed by atoms with Gasteiger partial charge in [0.2, 0.25) is 0 Å². The first-order valence-electron chi connectivity index (χ1n) is 7.88. The van der Waals surface area contributed by atoms with E-state index >= 15 is 0 Å². The van der Waals surface area contributed by atoms with E-state index in [4.69, 9.17) is 26.2 Å². The van der Waals surface area contributed by atoms with Crippen LogP contribution in [-0.2, 0) is 16.1 Å². The van der Waals surface area contributed by atoms with E-state index in [9.17, 15) is 4.79 Å². The lowest BCUT2D eigenvalue weighted by Gasteiger charge is -2.32. The molecule has 1 aliphatic heterocycles. The van der Waals surface area contributed by atoms with Crippen LogP contribution in [0.15, 0.2) is 36.7 Å². The van der Waals surface area contributed by atoms with Crippen LogP contribution < -0.4 is 5.32 Å². The Morgan fingerprint density at radius 3 is 3.04 bits per heavy atom. The van der Waals surface area contributed by atoms with Crippen LogP contribution >= 0.6 is 11.6 Å². The molecule has 1 saturated heterocycles. The molecule has 7 nitrogen and oxygen atoms in total. The van der Waals surface area contributed by atoms with E-state index in [1.807, 2.05) is 18.2 Å². The van der Waals surface area contributed by atoms with Gasteiger partial charge in [0, 0.05) is 19.0 Å². The maximum Gasteiger partial charge on any atom is 0.337 e. The molecule has 0 aliphatic carbocycles. The third-order valence-electron chi connectivity index (χ3n) is 3.87. The van der Waals surface area contributed by atoms with Crippen molar-refractivity contribution in [2.75, 3.05) is 18.5 Å². The lowest BCUT2D eigenvalue weighted by molar-refractivity contribution is -0.0487. The monoisotopic (exact) mass is 363 g/mol. The van der Waals surface area contributed by atoms with Crippen LogP contribution in [0, 0.1) is 0 Å². The van der Waals surface area contributed by atoms with E-state index in [1.165, 1.54) is 12.3 Å². The summed E-state index contributed by atoms with van der Waals surface area (Å²) < 4.78 is 11.5. The molecule has 8 heteroatoms. The molecule has 0 radical (unpaired) electrons. The van der Waals surface area contributed by atoms with E-state index in [0.29, 0.717) is 25.6 Å². The maximum atomic E-state index is 11.0. The zero-order chi connectivity index (χ0) is 17.6. The smallest absolute Gasteiger partial charge is 0.337 e. The summed E-state index contributed by atoms with van der Waals surface area (Å²) in [6.07, 6.45) is 3.64. The highest BCUT2D eigenvalue weighted by molar-refractivity contribution is 6.33. The number of pyridine rings is 2. The summed E-state index contributed by atoms with van der Waals surface area (Å²) in [4.78, 5) is 19.3. The van der Waals surface area contributed by atoms with Crippen LogP contribution in [0.1, 0.15) is 22.5 Å². The molecule has 3 rings (SSSR count). The number of hydrogen-bond donors (Lipinski definition) is 2. The van der Waals surface area contributed by atoms with Gasteiger partial charge in [0.1, 0.15) is 5.82 Å². The Morgan fingerprint density at radius 2 is 2.32 bits per heavy atom. The summed E-state index contributed by atoms with van der Waals surface area (Å²) in [6, 6.07) is 6.91. The van der Waals surface area contributed by atoms with Crippen LogP contribution in [0.4, 0.5) is 5.82 Å². The number of carboxylic acid groups (broad SMARTS) is 1. The molecule has 0 spiro atoms. The van der Waals surface area contributed by atoms with Crippen LogP contribution in [0.5, 0.6) is 0 Å². The average molecular weight is 364 g/mol. The molecule has 1 aliphatic rings. The minimum absolute atomic E-state index is 0.0402. The molecular formula is C17H18ClN3O4. The fraction of sp³-hybridized carbons (Fsp3) is 0.353. The predicted molar refractivity (Wildman–Crippen MR) is 91.9 cm³/mol. The molecule has 132 valence electrons. The van der Waals surface area contributed by atoms with Crippen molar-refractivity contribution in [2.24, 2.45) is 0 Å². The summed E-state index contributed by atoms with van der Waals surface area (Å²) in [5, 5.41) is 12.4. The number of carbonyl (C=O) groups is 1. The molecule has 0 amide bonds. The normalized spacial score (nSPS) is 20.2. The van der Waals surface area contributed by atoms with Crippen molar-refractivity contribution >= 4 is 23.4 Å². The van der Waals surface area contributed by atoms with E-state index in [2.05, 4.69) is 15.3 Å². The Labute approximate surface area is 150 Å². The first-order chi connectivity index (χ1) is 12.1. The van der Waals surface area contributed by atoms with Gasteiger partial charge >= 0.3 is 5.97 Å². The van der Waals surface area contributed by atoms with Gasteiger partial charge < -0.3 is 19.9 Å². The standard InChI is InChI=1S/C17H18ClN3O4/c18-13-7-11(17(22)23)8-20-16(13)21-14-10-24-6-4-15(14)25-9-12-3-1-2-5-19-12/h1-3,5,7-8,14-15H,4,6,9-10H2,(H,20,21)(H,22,23)/t14-,15-/m1/s1. The van der Waals surface area contributed by atoms with Gasteiger partial charge in [-0.2, -0.15) is 0 Å². The van der Waals surface area contributed by atoms with E-state index in [-0.39, 0.29) is 22.7 Å². The largest absolute Gasteiger partial charge is 0.478 e. The van der Waals surface area contributed by atoms with Gasteiger partial charge in [0.05, 0.1) is 41.6 Å². The summed E-state index contributed by atoms with van der Waals surface area (Å²) in [7, 11) is 0. The van der Waals surface area contributed by atoms with Gasteiger partial charge in [0.25, 0.3) is 0 Å². The number of rotatable bonds is 6. The van der Waals surface area contributed by atoms with Crippen molar-refractivity contribution in [1.82, 2.24) is 9.97 Å². The number of ether oxygens (including phenoxy) is 2. The molecule has 0 bridgehead atoms. The molecule has 2 aromatic heterocycles. The molecule has 0 aromatic carbocycles. The van der Waals surface area contributed by atoms with Crippen molar-refractivity contribution in [3.63, 3.8) is 0 Å². The minimum atomic E-state index is -1.07. The average Bonchev–Trinajstić information content (AvgIpc) is 2.63. The minimum Gasteiger partial charge on any atom is -0.478 e. The van der Waals surface area contributed by atoms with Gasteiger partial charge in [-0.05, 0) is 24.6 Å². The topological polar surface area (TPSA) is 93.6 Å². The highest BCUT2D eigenvalue weighted by Gasteiger charge is 2.27. The third-order valence-corrected chi connectivity index (χ3v) is 4.16. The van der Waals surface area contributed by atoms with Crippen LogP contribution in [0.2, 0.25) is 5.02 Å². The lowest BCUT2D eigenvalue weighted by Crippen LogP contribution is -2.44. The van der Waals surface area contributed by atoms with Crippen molar-refractivity contribution in [2.45, 2.75) is 25.2 Å². The number of anilines is 1. The third kappa shape index (κ3) is 4.66. The Balaban J connectivity index is 1.65. The number of carboxylic acids is 1. The van der Waals surface area contributed by atoms with E-state index < -0.39 is 5.97 Å². The lowest BCUT2D eigenvalue weighted by atomic mass is 10.1. The molecule has 0 saturated carbocycles. The number of halogens is 1. The Bertz CT molecular complexity index is 729. The Kier molecular flexibility index (Phi) is 5.80. The molecule has 2 atom stereocenters. The second-order valence-electron chi connectivity index (χ2n) is 5.64. The van der Waals surface area contributed by atoms with Crippen LogP contribution in [-0.4, -0.2) is 46.4 Å². The van der Waals surface area contributed by atoms with E-state index in [1.54, 1.807) is 6.20 Å². The maximum absolute atomic E-state index is 11.0.